The summed E-state index contributed by atoms with van der Waals surface area (Å²) in [6, 6.07) is 94.9. The van der Waals surface area contributed by atoms with Crippen LogP contribution in [0.25, 0.3) is 160 Å². The standard InChI is InChI=1S/C72H43N3O2/c1-4-15-44(16-5-1)47-27-33-61-59(41-47)69-63(73(61)51-22-14-19-46(39-51)49-29-37-67-57(40-49)53-23-10-12-25-65(53)76-67)35-31-55-56-32-36-64-70(72(56)75(71(55)69)50-20-8-3-9-21-50)60-42-48(45-17-6-2-7-18-45)28-34-62(60)74(64)52-30-38-68-58(43-52)54-24-11-13-26-66(54)77-68/h1-43H. The monoisotopic (exact) mass is 981 g/mol. The summed E-state index contributed by atoms with van der Waals surface area (Å²) in [5.74, 6) is 0. The molecular weight excluding hydrogens is 939 g/mol. The van der Waals surface area contributed by atoms with E-state index in [2.05, 4.69) is 256 Å². The molecule has 0 atom stereocenters. The molecule has 0 saturated heterocycles. The van der Waals surface area contributed by atoms with Gasteiger partial charge in [-0.05, 0) is 137 Å². The highest BCUT2D eigenvalue weighted by molar-refractivity contribution is 6.32. The summed E-state index contributed by atoms with van der Waals surface area (Å²) < 4.78 is 20.2. The average Bonchev–Trinajstić information content (AvgIpc) is 4.23. The summed E-state index contributed by atoms with van der Waals surface area (Å²) in [6.45, 7) is 0. The average molecular weight is 982 g/mol. The van der Waals surface area contributed by atoms with E-state index in [1.165, 1.54) is 65.6 Å². The van der Waals surface area contributed by atoms with Gasteiger partial charge in [0.15, 0.2) is 0 Å². The van der Waals surface area contributed by atoms with Crippen LogP contribution in [0.3, 0.4) is 0 Å². The molecule has 5 heteroatoms. The van der Waals surface area contributed by atoms with E-state index in [1.54, 1.807) is 0 Å². The minimum absolute atomic E-state index is 0.878. The predicted molar refractivity (Wildman–Crippen MR) is 320 cm³/mol. The van der Waals surface area contributed by atoms with E-state index < -0.39 is 0 Å². The Morgan fingerprint density at radius 3 is 1.19 bits per heavy atom. The number of furan rings is 2. The van der Waals surface area contributed by atoms with Crippen molar-refractivity contribution in [3.63, 3.8) is 0 Å². The molecule has 0 unspecified atom stereocenters. The highest BCUT2D eigenvalue weighted by atomic mass is 16.3. The van der Waals surface area contributed by atoms with Crippen molar-refractivity contribution in [2.75, 3.05) is 0 Å². The van der Waals surface area contributed by atoms with Crippen LogP contribution in [0.4, 0.5) is 0 Å². The molecule has 77 heavy (non-hydrogen) atoms. The summed E-state index contributed by atoms with van der Waals surface area (Å²) in [6.07, 6.45) is 0. The Labute approximate surface area is 440 Å². The minimum atomic E-state index is 0.878. The number of fused-ring (bicyclic) bond motifs is 17. The van der Waals surface area contributed by atoms with Gasteiger partial charge in [-0.3, -0.25) is 0 Å². The van der Waals surface area contributed by atoms with E-state index in [0.29, 0.717) is 0 Å². The van der Waals surface area contributed by atoms with Crippen LogP contribution < -0.4 is 0 Å². The number of hydrogen-bond donors (Lipinski definition) is 0. The van der Waals surface area contributed by atoms with Gasteiger partial charge in [0.1, 0.15) is 22.3 Å². The van der Waals surface area contributed by atoms with E-state index in [0.717, 1.165) is 94.1 Å². The van der Waals surface area contributed by atoms with Gasteiger partial charge in [-0.15, -0.1) is 0 Å². The lowest BCUT2D eigenvalue weighted by atomic mass is 10.0. The maximum atomic E-state index is 6.38. The van der Waals surface area contributed by atoms with Crippen molar-refractivity contribution in [3.05, 3.63) is 261 Å². The van der Waals surface area contributed by atoms with Crippen LogP contribution in [0.15, 0.2) is 270 Å². The first-order valence-electron chi connectivity index (χ1n) is 26.3. The fourth-order valence-electron chi connectivity index (χ4n) is 12.8. The smallest absolute Gasteiger partial charge is 0.135 e. The topological polar surface area (TPSA) is 41.1 Å². The molecule has 0 N–H and O–H groups in total. The molecule has 17 rings (SSSR count). The zero-order valence-electron chi connectivity index (χ0n) is 41.5. The molecular formula is C72H43N3O2. The first kappa shape index (κ1) is 42.0. The van der Waals surface area contributed by atoms with E-state index >= 15 is 0 Å². The Hall–Kier alpha value is -10.4. The lowest BCUT2D eigenvalue weighted by molar-refractivity contribution is 0.668. The third kappa shape index (κ3) is 6.17. The van der Waals surface area contributed by atoms with Gasteiger partial charge >= 0.3 is 0 Å². The zero-order chi connectivity index (χ0) is 50.3. The summed E-state index contributed by atoms with van der Waals surface area (Å²) in [5.41, 5.74) is 20.7. The van der Waals surface area contributed by atoms with Crippen LogP contribution in [0.2, 0.25) is 0 Å². The van der Waals surface area contributed by atoms with Crippen LogP contribution in [0.5, 0.6) is 0 Å². The second-order valence-electron chi connectivity index (χ2n) is 20.4. The van der Waals surface area contributed by atoms with E-state index in [1.807, 2.05) is 18.2 Å². The minimum Gasteiger partial charge on any atom is -0.456 e. The molecule has 0 radical (unpaired) electrons. The highest BCUT2D eigenvalue weighted by Crippen LogP contribution is 2.48. The molecule has 0 fully saturated rings. The first-order chi connectivity index (χ1) is 38.2. The van der Waals surface area contributed by atoms with Gasteiger partial charge in [0.25, 0.3) is 0 Å². The molecule has 0 aliphatic carbocycles. The maximum Gasteiger partial charge on any atom is 0.135 e. The SMILES string of the molecule is c1ccc(-c2ccc3c(c2)c2c(ccc4c5ccc6c(c7cc(-c8ccccc8)ccc7n6-c6ccc7oc8ccccc8c7c6)c5n(-c5ccccc5)c42)n3-c2cccc(-c3ccc4oc5ccccc5c4c3)c2)cc1. The number of hydrogen-bond acceptors (Lipinski definition) is 2. The van der Waals surface area contributed by atoms with Gasteiger partial charge in [-0.1, -0.05) is 158 Å². The quantitative estimate of drug-likeness (QED) is 0.167. The molecule has 5 heterocycles. The Balaban J connectivity index is 0.994. The fraction of sp³-hybridized carbons (Fsp3) is 0. The molecule has 0 aliphatic heterocycles. The molecule has 0 bridgehead atoms. The number of para-hydroxylation sites is 3. The van der Waals surface area contributed by atoms with Crippen LogP contribution in [-0.2, 0) is 0 Å². The van der Waals surface area contributed by atoms with Gasteiger partial charge in [-0.2, -0.15) is 0 Å². The predicted octanol–water partition coefficient (Wildman–Crippen LogP) is 19.8. The third-order valence-corrected chi connectivity index (χ3v) is 16.2. The second kappa shape index (κ2) is 16.1. The molecule has 0 amide bonds. The number of benzene rings is 12. The van der Waals surface area contributed by atoms with Crippen molar-refractivity contribution >= 4 is 109 Å². The molecule has 5 aromatic heterocycles. The Bertz CT molecular complexity index is 5260. The summed E-state index contributed by atoms with van der Waals surface area (Å²) in [7, 11) is 0. The lowest BCUT2D eigenvalue weighted by Gasteiger charge is -2.12. The maximum absolute atomic E-state index is 6.38. The zero-order valence-corrected chi connectivity index (χ0v) is 41.5. The van der Waals surface area contributed by atoms with Crippen molar-refractivity contribution in [2.24, 2.45) is 0 Å². The summed E-state index contributed by atoms with van der Waals surface area (Å²) in [4.78, 5) is 0. The van der Waals surface area contributed by atoms with Crippen molar-refractivity contribution in [3.8, 4) is 50.4 Å². The van der Waals surface area contributed by atoms with Crippen molar-refractivity contribution in [1.29, 1.82) is 0 Å². The molecule has 12 aromatic carbocycles. The lowest BCUT2D eigenvalue weighted by Crippen LogP contribution is -1.96. The fourth-order valence-corrected chi connectivity index (χ4v) is 12.8. The molecule has 0 aliphatic rings. The largest absolute Gasteiger partial charge is 0.456 e. The highest BCUT2D eigenvalue weighted by Gasteiger charge is 2.26. The number of aromatic nitrogens is 3. The normalized spacial score (nSPS) is 12.2. The molecule has 0 saturated carbocycles. The second-order valence-corrected chi connectivity index (χ2v) is 20.4. The van der Waals surface area contributed by atoms with Gasteiger partial charge in [0.05, 0.1) is 33.1 Å². The number of rotatable bonds is 6. The summed E-state index contributed by atoms with van der Waals surface area (Å²) >= 11 is 0. The van der Waals surface area contributed by atoms with Gasteiger partial charge < -0.3 is 22.5 Å². The molecule has 0 spiro atoms. The van der Waals surface area contributed by atoms with Crippen molar-refractivity contribution in [1.82, 2.24) is 13.7 Å². The van der Waals surface area contributed by atoms with Gasteiger partial charge in [-0.25, -0.2) is 0 Å². The van der Waals surface area contributed by atoms with E-state index in [-0.39, 0.29) is 0 Å². The van der Waals surface area contributed by atoms with Gasteiger partial charge in [0.2, 0.25) is 0 Å². The van der Waals surface area contributed by atoms with Crippen molar-refractivity contribution < 1.29 is 8.83 Å². The Morgan fingerprint density at radius 1 is 0.208 bits per heavy atom. The first-order valence-corrected chi connectivity index (χ1v) is 26.3. The molecule has 5 nitrogen and oxygen atoms in total. The van der Waals surface area contributed by atoms with Crippen LogP contribution in [0, 0.1) is 0 Å². The Morgan fingerprint density at radius 2 is 0.610 bits per heavy atom. The van der Waals surface area contributed by atoms with Crippen molar-refractivity contribution in [2.45, 2.75) is 0 Å². The van der Waals surface area contributed by atoms with E-state index in [4.69, 9.17) is 8.83 Å². The van der Waals surface area contributed by atoms with Gasteiger partial charge in [0, 0.05) is 70.9 Å². The van der Waals surface area contributed by atoms with E-state index in [9.17, 15) is 0 Å². The molecule has 17 aromatic rings. The summed E-state index contributed by atoms with van der Waals surface area (Å²) in [5, 5.41) is 11.6. The van der Waals surface area contributed by atoms with Crippen LogP contribution >= 0.6 is 0 Å². The van der Waals surface area contributed by atoms with Crippen LogP contribution in [-0.4, -0.2) is 13.7 Å². The van der Waals surface area contributed by atoms with Crippen LogP contribution in [0.1, 0.15) is 0 Å². The molecule has 358 valence electrons. The Kier molecular flexibility index (Phi) is 8.77. The third-order valence-electron chi connectivity index (χ3n) is 16.2. The number of nitrogens with zero attached hydrogens (tertiary/aromatic N) is 3.